The predicted molar refractivity (Wildman–Crippen MR) is 81.7 cm³/mol. The minimum Gasteiger partial charge on any atom is -0.490 e. The molecule has 0 saturated carbocycles. The number of ether oxygens (including phenoxy) is 2. The van der Waals surface area contributed by atoms with E-state index in [-0.39, 0.29) is 0 Å². The Hall–Kier alpha value is -2.89. The first-order valence-corrected chi connectivity index (χ1v) is 6.93. The summed E-state index contributed by atoms with van der Waals surface area (Å²) in [7, 11) is 1.86. The van der Waals surface area contributed by atoms with Gasteiger partial charge in [-0.2, -0.15) is 5.10 Å². The summed E-state index contributed by atoms with van der Waals surface area (Å²) in [5.74, 6) is 1.30. The summed E-state index contributed by atoms with van der Waals surface area (Å²) >= 11 is 0. The number of para-hydroxylation sites is 1. The molecule has 6 heteroatoms. The lowest BCUT2D eigenvalue weighted by Crippen LogP contribution is -2.10. The number of rotatable bonds is 6. The lowest BCUT2D eigenvalue weighted by molar-refractivity contribution is 0.212. The van der Waals surface area contributed by atoms with E-state index < -0.39 is 0 Å². The molecule has 0 atom stereocenters. The average molecular weight is 296 g/mol. The molecule has 0 bridgehead atoms. The highest BCUT2D eigenvalue weighted by molar-refractivity contribution is 5.62. The van der Waals surface area contributed by atoms with Gasteiger partial charge in [-0.05, 0) is 12.1 Å². The number of aryl methyl sites for hydroxylation is 1. The van der Waals surface area contributed by atoms with Gasteiger partial charge in [-0.1, -0.05) is 18.2 Å². The second-order valence-electron chi connectivity index (χ2n) is 4.62. The lowest BCUT2D eigenvalue weighted by Gasteiger charge is -2.09. The third-order valence-corrected chi connectivity index (χ3v) is 2.98. The van der Waals surface area contributed by atoms with Gasteiger partial charge in [0.25, 0.3) is 0 Å². The van der Waals surface area contributed by atoms with Crippen LogP contribution >= 0.6 is 0 Å². The summed E-state index contributed by atoms with van der Waals surface area (Å²) < 4.78 is 13.0. The number of aromatic nitrogens is 4. The van der Waals surface area contributed by atoms with Gasteiger partial charge < -0.3 is 9.47 Å². The van der Waals surface area contributed by atoms with Crippen LogP contribution in [0.15, 0.2) is 55.1 Å². The molecule has 2 heterocycles. The predicted octanol–water partition coefficient (Wildman–Crippen LogP) is 2.33. The van der Waals surface area contributed by atoms with Crippen LogP contribution in [0, 0.1) is 0 Å². The molecule has 6 nitrogen and oxygen atoms in total. The van der Waals surface area contributed by atoms with Crippen molar-refractivity contribution in [3.63, 3.8) is 0 Å². The third-order valence-electron chi connectivity index (χ3n) is 2.98. The summed E-state index contributed by atoms with van der Waals surface area (Å²) in [5, 5.41) is 4.14. The molecule has 0 aliphatic carbocycles. The lowest BCUT2D eigenvalue weighted by atomic mass is 10.2. The van der Waals surface area contributed by atoms with E-state index in [9.17, 15) is 0 Å². The molecule has 1 aromatic carbocycles. The van der Waals surface area contributed by atoms with Crippen molar-refractivity contribution >= 4 is 0 Å². The maximum Gasteiger partial charge on any atom is 0.240 e. The Morgan fingerprint density at radius 1 is 1.00 bits per heavy atom. The van der Waals surface area contributed by atoms with Gasteiger partial charge in [0.1, 0.15) is 24.7 Å². The van der Waals surface area contributed by atoms with Gasteiger partial charge in [-0.15, -0.1) is 0 Å². The third kappa shape index (κ3) is 3.41. The zero-order valence-corrected chi connectivity index (χ0v) is 12.2. The first-order valence-electron chi connectivity index (χ1n) is 6.93. The first-order chi connectivity index (χ1) is 10.8. The van der Waals surface area contributed by atoms with E-state index in [1.165, 1.54) is 0 Å². The van der Waals surface area contributed by atoms with Crippen molar-refractivity contribution in [3.05, 3.63) is 55.1 Å². The Morgan fingerprint density at radius 3 is 2.55 bits per heavy atom. The summed E-state index contributed by atoms with van der Waals surface area (Å²) in [6.07, 6.45) is 6.84. The van der Waals surface area contributed by atoms with E-state index in [4.69, 9.17) is 9.47 Å². The van der Waals surface area contributed by atoms with Crippen LogP contribution in [0.1, 0.15) is 0 Å². The summed E-state index contributed by atoms with van der Waals surface area (Å²) in [6.45, 7) is 0.827. The number of hydrogen-bond donors (Lipinski definition) is 0. The fourth-order valence-corrected chi connectivity index (χ4v) is 1.99. The molecule has 0 radical (unpaired) electrons. The maximum absolute atomic E-state index is 5.69. The molecule has 22 heavy (non-hydrogen) atoms. The van der Waals surface area contributed by atoms with Crippen molar-refractivity contribution in [2.24, 2.45) is 7.05 Å². The molecule has 0 unspecified atom stereocenters. The molecule has 0 fully saturated rings. The van der Waals surface area contributed by atoms with Gasteiger partial charge in [0.05, 0.1) is 6.20 Å². The second kappa shape index (κ2) is 6.71. The minimum atomic E-state index is 0.390. The van der Waals surface area contributed by atoms with Crippen molar-refractivity contribution in [3.8, 4) is 22.9 Å². The Kier molecular flexibility index (Phi) is 4.29. The SMILES string of the molecule is Cn1cc(-c2nccnc2OCCOc2ccccc2)cn1. The molecule has 2 aromatic heterocycles. The summed E-state index contributed by atoms with van der Waals surface area (Å²) in [6, 6.07) is 9.62. The van der Waals surface area contributed by atoms with E-state index in [0.29, 0.717) is 24.8 Å². The van der Waals surface area contributed by atoms with Crippen LogP contribution in [0.2, 0.25) is 0 Å². The van der Waals surface area contributed by atoms with Crippen molar-refractivity contribution in [1.82, 2.24) is 19.7 Å². The van der Waals surface area contributed by atoms with E-state index in [2.05, 4.69) is 15.1 Å². The van der Waals surface area contributed by atoms with Crippen LogP contribution in [-0.2, 0) is 7.05 Å². The fraction of sp³-hybridized carbons (Fsp3) is 0.188. The number of nitrogens with zero attached hydrogens (tertiary/aromatic N) is 4. The van der Waals surface area contributed by atoms with Crippen LogP contribution in [0.4, 0.5) is 0 Å². The van der Waals surface area contributed by atoms with Crippen LogP contribution in [-0.4, -0.2) is 33.0 Å². The Bertz CT molecular complexity index is 728. The zero-order valence-electron chi connectivity index (χ0n) is 12.2. The second-order valence-corrected chi connectivity index (χ2v) is 4.62. The van der Waals surface area contributed by atoms with Crippen LogP contribution in [0.3, 0.4) is 0 Å². The molecular weight excluding hydrogens is 280 g/mol. The van der Waals surface area contributed by atoms with E-state index in [1.54, 1.807) is 23.3 Å². The molecule has 0 aliphatic heterocycles. The van der Waals surface area contributed by atoms with Crippen LogP contribution < -0.4 is 9.47 Å². The highest BCUT2D eigenvalue weighted by Crippen LogP contribution is 2.24. The van der Waals surface area contributed by atoms with Gasteiger partial charge in [-0.25, -0.2) is 9.97 Å². The maximum atomic E-state index is 5.69. The number of benzene rings is 1. The molecule has 0 spiro atoms. The van der Waals surface area contributed by atoms with E-state index in [0.717, 1.165) is 11.3 Å². The minimum absolute atomic E-state index is 0.390. The highest BCUT2D eigenvalue weighted by atomic mass is 16.5. The average Bonchev–Trinajstić information content (AvgIpc) is 2.99. The van der Waals surface area contributed by atoms with E-state index in [1.807, 2.05) is 43.6 Å². The summed E-state index contributed by atoms with van der Waals surface area (Å²) in [4.78, 5) is 8.55. The van der Waals surface area contributed by atoms with E-state index >= 15 is 0 Å². The van der Waals surface area contributed by atoms with Crippen LogP contribution in [0.5, 0.6) is 11.6 Å². The summed E-state index contributed by atoms with van der Waals surface area (Å²) in [5.41, 5.74) is 1.55. The molecular formula is C16H16N4O2. The smallest absolute Gasteiger partial charge is 0.240 e. The molecule has 0 N–H and O–H groups in total. The van der Waals surface area contributed by atoms with Crippen molar-refractivity contribution < 1.29 is 9.47 Å². The van der Waals surface area contributed by atoms with Gasteiger partial charge in [0.2, 0.25) is 5.88 Å². The Balaban J connectivity index is 1.61. The van der Waals surface area contributed by atoms with Crippen molar-refractivity contribution in [2.75, 3.05) is 13.2 Å². The van der Waals surface area contributed by atoms with Crippen molar-refractivity contribution in [1.29, 1.82) is 0 Å². The molecule has 0 saturated heterocycles. The van der Waals surface area contributed by atoms with Crippen molar-refractivity contribution in [2.45, 2.75) is 0 Å². The van der Waals surface area contributed by atoms with Crippen LogP contribution in [0.25, 0.3) is 11.3 Å². The normalized spacial score (nSPS) is 10.4. The topological polar surface area (TPSA) is 62.1 Å². The fourth-order valence-electron chi connectivity index (χ4n) is 1.99. The Morgan fingerprint density at radius 2 is 1.77 bits per heavy atom. The molecule has 112 valence electrons. The molecule has 0 aliphatic rings. The molecule has 3 rings (SSSR count). The largest absolute Gasteiger partial charge is 0.490 e. The Labute approximate surface area is 128 Å². The van der Waals surface area contributed by atoms with Gasteiger partial charge in [0, 0.05) is 31.2 Å². The number of hydrogen-bond acceptors (Lipinski definition) is 5. The quantitative estimate of drug-likeness (QED) is 0.653. The standard InChI is InChI=1S/C16H16N4O2/c1-20-12-13(11-19-20)15-16(18-8-7-17-15)22-10-9-21-14-5-3-2-4-6-14/h2-8,11-12H,9-10H2,1H3. The van der Waals surface area contributed by atoms with Gasteiger partial charge in [-0.3, -0.25) is 4.68 Å². The molecule has 3 aromatic rings. The highest BCUT2D eigenvalue weighted by Gasteiger charge is 2.10. The molecule has 0 amide bonds. The first kappa shape index (κ1) is 14.1. The van der Waals surface area contributed by atoms with Gasteiger partial charge in [0.15, 0.2) is 0 Å². The monoisotopic (exact) mass is 296 g/mol. The van der Waals surface area contributed by atoms with Gasteiger partial charge >= 0.3 is 0 Å². The zero-order chi connectivity index (χ0) is 15.2.